The van der Waals surface area contributed by atoms with Gasteiger partial charge in [-0.05, 0) is 61.4 Å². The number of likely N-dealkylation sites (tertiary alicyclic amines) is 1. The number of nitrogens with zero attached hydrogens (tertiary/aromatic N) is 2. The third-order valence-corrected chi connectivity index (χ3v) is 4.66. The molecule has 1 aliphatic heterocycles. The quantitative estimate of drug-likeness (QED) is 0.809. The van der Waals surface area contributed by atoms with Crippen LogP contribution in [0.5, 0.6) is 0 Å². The van der Waals surface area contributed by atoms with E-state index in [2.05, 4.69) is 4.98 Å². The Kier molecular flexibility index (Phi) is 5.57. The number of carbonyl (C=O) groups is 1. The Bertz CT molecular complexity index is 657. The fourth-order valence-corrected chi connectivity index (χ4v) is 3.40. The van der Waals surface area contributed by atoms with Gasteiger partial charge in [0.05, 0.1) is 0 Å². The van der Waals surface area contributed by atoms with Crippen molar-refractivity contribution in [3.8, 4) is 0 Å². The zero-order valence-corrected chi connectivity index (χ0v) is 13.8. The average Bonchev–Trinajstić information content (AvgIpc) is 3.06. The number of aryl methyl sites for hydroxylation is 1. The van der Waals surface area contributed by atoms with Crippen molar-refractivity contribution in [1.29, 1.82) is 0 Å². The third kappa shape index (κ3) is 4.40. The highest BCUT2D eigenvalue weighted by atomic mass is 19.1. The van der Waals surface area contributed by atoms with Gasteiger partial charge in [-0.1, -0.05) is 18.2 Å². The van der Waals surface area contributed by atoms with Crippen LogP contribution >= 0.6 is 0 Å². The molecule has 2 aromatic rings. The first-order valence-corrected chi connectivity index (χ1v) is 8.65. The fourth-order valence-electron chi connectivity index (χ4n) is 3.40. The summed E-state index contributed by atoms with van der Waals surface area (Å²) in [5.74, 6) is 0.0250. The summed E-state index contributed by atoms with van der Waals surface area (Å²) in [4.78, 5) is 18.7. The van der Waals surface area contributed by atoms with Crippen LogP contribution in [-0.2, 0) is 17.6 Å². The molecule has 0 aliphatic carbocycles. The van der Waals surface area contributed by atoms with E-state index in [4.69, 9.17) is 0 Å². The van der Waals surface area contributed by atoms with Gasteiger partial charge in [-0.25, -0.2) is 4.39 Å². The second-order valence-corrected chi connectivity index (χ2v) is 6.43. The van der Waals surface area contributed by atoms with Crippen LogP contribution in [0, 0.1) is 5.82 Å². The number of rotatable bonds is 6. The molecule has 3 nitrogen and oxygen atoms in total. The highest BCUT2D eigenvalue weighted by Crippen LogP contribution is 2.22. The van der Waals surface area contributed by atoms with Gasteiger partial charge < -0.3 is 4.90 Å². The molecule has 4 heteroatoms. The minimum Gasteiger partial charge on any atom is -0.339 e. The van der Waals surface area contributed by atoms with E-state index in [1.807, 2.05) is 35.4 Å². The van der Waals surface area contributed by atoms with Gasteiger partial charge in [0.25, 0.3) is 0 Å². The van der Waals surface area contributed by atoms with Crippen LogP contribution in [0.25, 0.3) is 0 Å². The van der Waals surface area contributed by atoms with Gasteiger partial charge in [0.1, 0.15) is 5.82 Å². The van der Waals surface area contributed by atoms with Crippen molar-refractivity contribution in [1.82, 2.24) is 9.88 Å². The first kappa shape index (κ1) is 16.6. The maximum Gasteiger partial charge on any atom is 0.222 e. The zero-order valence-electron chi connectivity index (χ0n) is 13.8. The molecule has 0 bridgehead atoms. The predicted molar refractivity (Wildman–Crippen MR) is 92.0 cm³/mol. The number of halogens is 1. The Balaban J connectivity index is 1.50. The highest BCUT2D eigenvalue weighted by Gasteiger charge is 2.28. The van der Waals surface area contributed by atoms with Crippen LogP contribution in [-0.4, -0.2) is 28.4 Å². The number of amides is 1. The van der Waals surface area contributed by atoms with E-state index in [1.165, 1.54) is 17.7 Å². The summed E-state index contributed by atoms with van der Waals surface area (Å²) < 4.78 is 13.0. The van der Waals surface area contributed by atoms with Gasteiger partial charge in [0.15, 0.2) is 0 Å². The summed E-state index contributed by atoms with van der Waals surface area (Å²) in [5.41, 5.74) is 2.27. The number of hydrogen-bond donors (Lipinski definition) is 0. The minimum atomic E-state index is -0.214. The van der Waals surface area contributed by atoms with Crippen LogP contribution in [0.3, 0.4) is 0 Å². The lowest BCUT2D eigenvalue weighted by atomic mass is 10.0. The molecule has 1 atom stereocenters. The van der Waals surface area contributed by atoms with E-state index in [0.717, 1.165) is 44.2 Å². The van der Waals surface area contributed by atoms with Crippen molar-refractivity contribution < 1.29 is 9.18 Å². The minimum absolute atomic E-state index is 0.214. The summed E-state index contributed by atoms with van der Waals surface area (Å²) in [6, 6.07) is 10.8. The first-order chi connectivity index (χ1) is 11.7. The van der Waals surface area contributed by atoms with Crippen molar-refractivity contribution in [2.24, 2.45) is 0 Å². The summed E-state index contributed by atoms with van der Waals surface area (Å²) in [6.07, 6.45) is 8.84. The molecule has 1 fully saturated rings. The number of aromatic nitrogens is 1. The SMILES string of the molecule is O=C(CCCc1cccnc1)N1CCCC1Cc1ccc(F)cc1. The van der Waals surface area contributed by atoms with Crippen LogP contribution < -0.4 is 0 Å². The van der Waals surface area contributed by atoms with Crippen LogP contribution in [0.2, 0.25) is 0 Å². The first-order valence-electron chi connectivity index (χ1n) is 8.65. The molecule has 0 saturated carbocycles. The highest BCUT2D eigenvalue weighted by molar-refractivity contribution is 5.76. The van der Waals surface area contributed by atoms with Gasteiger partial charge in [-0.2, -0.15) is 0 Å². The Labute approximate surface area is 142 Å². The number of carbonyl (C=O) groups excluding carboxylic acids is 1. The van der Waals surface area contributed by atoms with E-state index in [9.17, 15) is 9.18 Å². The standard InChI is InChI=1S/C20H23FN2O/c21-18-10-8-16(9-11-18)14-19-6-3-13-23(19)20(24)7-1-4-17-5-2-12-22-15-17/h2,5,8-12,15,19H,1,3-4,6-7,13-14H2. The van der Waals surface area contributed by atoms with Crippen LogP contribution in [0.1, 0.15) is 36.8 Å². The maximum atomic E-state index is 13.0. The maximum absolute atomic E-state index is 13.0. The van der Waals surface area contributed by atoms with Crippen molar-refractivity contribution in [3.05, 3.63) is 65.7 Å². The van der Waals surface area contributed by atoms with Gasteiger partial charge in [0.2, 0.25) is 5.91 Å². The van der Waals surface area contributed by atoms with Crippen molar-refractivity contribution in [3.63, 3.8) is 0 Å². The Morgan fingerprint density at radius 3 is 2.79 bits per heavy atom. The number of pyridine rings is 1. The Morgan fingerprint density at radius 1 is 1.21 bits per heavy atom. The van der Waals surface area contributed by atoms with Crippen molar-refractivity contribution >= 4 is 5.91 Å². The summed E-state index contributed by atoms with van der Waals surface area (Å²) in [5, 5.41) is 0. The molecule has 24 heavy (non-hydrogen) atoms. The molecule has 3 rings (SSSR count). The van der Waals surface area contributed by atoms with E-state index in [1.54, 1.807) is 6.20 Å². The summed E-state index contributed by atoms with van der Waals surface area (Å²) in [7, 11) is 0. The normalized spacial score (nSPS) is 17.2. The molecule has 1 aromatic heterocycles. The lowest BCUT2D eigenvalue weighted by Crippen LogP contribution is -2.36. The summed E-state index contributed by atoms with van der Waals surface area (Å²) >= 11 is 0. The molecule has 1 aliphatic rings. The summed E-state index contributed by atoms with van der Waals surface area (Å²) in [6.45, 7) is 0.845. The molecule has 126 valence electrons. The largest absolute Gasteiger partial charge is 0.339 e. The van der Waals surface area contributed by atoms with Gasteiger partial charge in [-0.15, -0.1) is 0 Å². The zero-order chi connectivity index (χ0) is 16.8. The van der Waals surface area contributed by atoms with Crippen molar-refractivity contribution in [2.45, 2.75) is 44.6 Å². The van der Waals surface area contributed by atoms with Gasteiger partial charge >= 0.3 is 0 Å². The molecule has 0 radical (unpaired) electrons. The molecule has 1 aromatic carbocycles. The molecular weight excluding hydrogens is 303 g/mol. The molecule has 1 unspecified atom stereocenters. The topological polar surface area (TPSA) is 33.2 Å². The number of benzene rings is 1. The Morgan fingerprint density at radius 2 is 2.04 bits per heavy atom. The monoisotopic (exact) mass is 326 g/mol. The van der Waals surface area contributed by atoms with E-state index < -0.39 is 0 Å². The number of hydrogen-bond acceptors (Lipinski definition) is 2. The Hall–Kier alpha value is -2.23. The van der Waals surface area contributed by atoms with Crippen molar-refractivity contribution in [2.75, 3.05) is 6.54 Å². The van der Waals surface area contributed by atoms with Crippen LogP contribution in [0.15, 0.2) is 48.8 Å². The molecular formula is C20H23FN2O. The smallest absolute Gasteiger partial charge is 0.222 e. The fraction of sp³-hybridized carbons (Fsp3) is 0.400. The molecule has 0 spiro atoms. The third-order valence-electron chi connectivity index (χ3n) is 4.66. The lowest BCUT2D eigenvalue weighted by molar-refractivity contribution is -0.132. The average molecular weight is 326 g/mol. The second kappa shape index (κ2) is 8.04. The molecule has 2 heterocycles. The van der Waals surface area contributed by atoms with Gasteiger partial charge in [0, 0.05) is 31.4 Å². The van der Waals surface area contributed by atoms with E-state index in [0.29, 0.717) is 6.42 Å². The van der Waals surface area contributed by atoms with E-state index >= 15 is 0 Å². The molecule has 1 amide bonds. The van der Waals surface area contributed by atoms with E-state index in [-0.39, 0.29) is 17.8 Å². The second-order valence-electron chi connectivity index (χ2n) is 6.43. The molecule has 0 N–H and O–H groups in total. The van der Waals surface area contributed by atoms with Crippen LogP contribution in [0.4, 0.5) is 4.39 Å². The predicted octanol–water partition coefficient (Wildman–Crippen LogP) is 3.78. The lowest BCUT2D eigenvalue weighted by Gasteiger charge is -2.25. The molecule has 1 saturated heterocycles. The van der Waals surface area contributed by atoms with Gasteiger partial charge in [-0.3, -0.25) is 9.78 Å².